The number of sulfonamides is 1. The summed E-state index contributed by atoms with van der Waals surface area (Å²) in [7, 11) is -3.82. The third kappa shape index (κ3) is 3.68. The highest BCUT2D eigenvalue weighted by Gasteiger charge is 2.40. The van der Waals surface area contributed by atoms with E-state index < -0.39 is 16.1 Å². The first-order chi connectivity index (χ1) is 14.4. The molecule has 0 aromatic heterocycles. The SMILES string of the molecule is C=C(c1cccc(C)c1)C1CN=C(c2ccccc2)N1S(=O)(=O)c1ccc(C)cc1. The number of hydrogen-bond donors (Lipinski definition) is 0. The Kier molecular flexibility index (Phi) is 5.31. The molecule has 0 spiro atoms. The molecule has 4 nitrogen and oxygen atoms in total. The summed E-state index contributed by atoms with van der Waals surface area (Å²) in [5.41, 5.74) is 4.54. The fraction of sp³-hybridized carbons (Fsp3) is 0.160. The molecular formula is C25H24N2O2S. The fourth-order valence-electron chi connectivity index (χ4n) is 3.66. The largest absolute Gasteiger partial charge is 0.266 e. The molecule has 0 amide bonds. The van der Waals surface area contributed by atoms with Crippen LogP contribution in [0.3, 0.4) is 0 Å². The van der Waals surface area contributed by atoms with Gasteiger partial charge >= 0.3 is 0 Å². The number of hydrogen-bond acceptors (Lipinski definition) is 3. The lowest BCUT2D eigenvalue weighted by molar-refractivity contribution is 0.509. The van der Waals surface area contributed by atoms with Gasteiger partial charge in [0.05, 0.1) is 17.5 Å². The molecule has 0 saturated heterocycles. The molecule has 0 aliphatic carbocycles. The maximum Gasteiger partial charge on any atom is 0.266 e. The van der Waals surface area contributed by atoms with Gasteiger partial charge in [-0.2, -0.15) is 0 Å². The van der Waals surface area contributed by atoms with Crippen LogP contribution in [0.4, 0.5) is 0 Å². The van der Waals surface area contributed by atoms with Crippen LogP contribution in [0.2, 0.25) is 0 Å². The van der Waals surface area contributed by atoms with Crippen LogP contribution in [0, 0.1) is 13.8 Å². The quantitative estimate of drug-likeness (QED) is 0.598. The minimum absolute atomic E-state index is 0.251. The predicted molar refractivity (Wildman–Crippen MR) is 122 cm³/mol. The third-order valence-corrected chi connectivity index (χ3v) is 7.12. The Bertz CT molecular complexity index is 1210. The number of aliphatic imine (C=N–C) groups is 1. The maximum absolute atomic E-state index is 13.7. The van der Waals surface area contributed by atoms with Gasteiger partial charge in [0.2, 0.25) is 0 Å². The van der Waals surface area contributed by atoms with E-state index in [-0.39, 0.29) is 4.90 Å². The van der Waals surface area contributed by atoms with Crippen LogP contribution in [-0.2, 0) is 10.0 Å². The van der Waals surface area contributed by atoms with E-state index in [4.69, 9.17) is 0 Å². The maximum atomic E-state index is 13.7. The Morgan fingerprint density at radius 2 is 1.63 bits per heavy atom. The zero-order chi connectivity index (χ0) is 21.3. The van der Waals surface area contributed by atoms with Crippen LogP contribution < -0.4 is 0 Å². The standard InChI is InChI=1S/C25H24N2O2S/c1-18-12-14-23(15-13-18)30(28,29)27-24(20(3)22-11-7-8-19(2)16-22)17-26-25(27)21-9-5-4-6-10-21/h4-16,24H,3,17H2,1-2H3. The first-order valence-corrected chi connectivity index (χ1v) is 11.3. The summed E-state index contributed by atoms with van der Waals surface area (Å²) < 4.78 is 28.9. The molecule has 30 heavy (non-hydrogen) atoms. The van der Waals surface area contributed by atoms with Gasteiger partial charge < -0.3 is 0 Å². The van der Waals surface area contributed by atoms with E-state index in [9.17, 15) is 8.42 Å². The van der Waals surface area contributed by atoms with Crippen molar-refractivity contribution < 1.29 is 8.42 Å². The second kappa shape index (κ2) is 7.92. The van der Waals surface area contributed by atoms with E-state index in [1.807, 2.05) is 80.6 Å². The highest BCUT2D eigenvalue weighted by molar-refractivity contribution is 7.89. The normalized spacial score (nSPS) is 16.4. The summed E-state index contributed by atoms with van der Waals surface area (Å²) in [6.45, 7) is 8.55. The number of amidine groups is 1. The van der Waals surface area contributed by atoms with Crippen LogP contribution in [0.15, 0.2) is 95.3 Å². The monoisotopic (exact) mass is 416 g/mol. The van der Waals surface area contributed by atoms with Crippen molar-refractivity contribution >= 4 is 21.4 Å². The molecule has 1 atom stereocenters. The molecule has 1 aliphatic rings. The molecule has 0 saturated carbocycles. The molecule has 152 valence electrons. The Labute approximate surface area is 178 Å². The van der Waals surface area contributed by atoms with Crippen molar-refractivity contribution in [3.63, 3.8) is 0 Å². The molecule has 0 bridgehead atoms. The fourth-order valence-corrected chi connectivity index (χ4v) is 5.29. The van der Waals surface area contributed by atoms with E-state index in [0.29, 0.717) is 12.4 Å². The molecule has 1 unspecified atom stereocenters. The molecule has 5 heteroatoms. The van der Waals surface area contributed by atoms with E-state index in [1.165, 1.54) is 4.31 Å². The average Bonchev–Trinajstić information content (AvgIpc) is 3.20. The van der Waals surface area contributed by atoms with Gasteiger partial charge in [-0.15, -0.1) is 0 Å². The second-order valence-corrected chi connectivity index (χ2v) is 9.37. The molecule has 0 radical (unpaired) electrons. The first kappa shape index (κ1) is 20.1. The van der Waals surface area contributed by atoms with Gasteiger partial charge in [0.15, 0.2) is 0 Å². The van der Waals surface area contributed by atoms with Crippen molar-refractivity contribution in [3.05, 3.63) is 108 Å². The third-order valence-electron chi connectivity index (χ3n) is 5.31. The smallest absolute Gasteiger partial charge is 0.265 e. The van der Waals surface area contributed by atoms with Gasteiger partial charge in [0.25, 0.3) is 10.0 Å². The van der Waals surface area contributed by atoms with Crippen molar-refractivity contribution in [1.82, 2.24) is 4.31 Å². The van der Waals surface area contributed by atoms with Gasteiger partial charge in [-0.3, -0.25) is 4.99 Å². The number of benzene rings is 3. The molecule has 1 aliphatic heterocycles. The van der Waals surface area contributed by atoms with Crippen molar-refractivity contribution in [1.29, 1.82) is 0 Å². The Morgan fingerprint density at radius 1 is 0.933 bits per heavy atom. The van der Waals surface area contributed by atoms with Crippen molar-refractivity contribution in [2.45, 2.75) is 24.8 Å². The highest BCUT2D eigenvalue weighted by Crippen LogP contribution is 2.32. The van der Waals surface area contributed by atoms with Crippen molar-refractivity contribution in [2.75, 3.05) is 6.54 Å². The number of rotatable bonds is 5. The summed E-state index contributed by atoms with van der Waals surface area (Å²) in [6, 6.07) is 23.9. The summed E-state index contributed by atoms with van der Waals surface area (Å²) in [6.07, 6.45) is 0. The van der Waals surface area contributed by atoms with E-state index in [2.05, 4.69) is 11.6 Å². The van der Waals surface area contributed by atoms with E-state index >= 15 is 0 Å². The minimum atomic E-state index is -3.82. The minimum Gasteiger partial charge on any atom is -0.265 e. The van der Waals surface area contributed by atoms with Gasteiger partial charge in [0, 0.05) is 5.56 Å². The zero-order valence-corrected chi connectivity index (χ0v) is 17.9. The second-order valence-electron chi connectivity index (χ2n) is 7.55. The van der Waals surface area contributed by atoms with Crippen LogP contribution in [0.25, 0.3) is 5.57 Å². The summed E-state index contributed by atoms with van der Waals surface area (Å²) in [5.74, 6) is 0.454. The van der Waals surface area contributed by atoms with E-state index in [0.717, 1.165) is 27.8 Å². The Hall–Kier alpha value is -3.18. The molecule has 0 N–H and O–H groups in total. The molecule has 3 aromatic rings. The molecule has 1 heterocycles. The van der Waals surface area contributed by atoms with Gasteiger partial charge in [-0.1, -0.05) is 84.4 Å². The first-order valence-electron chi connectivity index (χ1n) is 9.85. The lowest BCUT2D eigenvalue weighted by Crippen LogP contribution is -2.42. The zero-order valence-electron chi connectivity index (χ0n) is 17.1. The van der Waals surface area contributed by atoms with Gasteiger partial charge in [0.1, 0.15) is 5.84 Å². The summed E-state index contributed by atoms with van der Waals surface area (Å²) >= 11 is 0. The van der Waals surface area contributed by atoms with Crippen molar-refractivity contribution in [3.8, 4) is 0 Å². The summed E-state index contributed by atoms with van der Waals surface area (Å²) in [5, 5.41) is 0. The highest BCUT2D eigenvalue weighted by atomic mass is 32.2. The van der Waals surface area contributed by atoms with E-state index in [1.54, 1.807) is 12.1 Å². The van der Waals surface area contributed by atoms with Gasteiger partial charge in [-0.25, -0.2) is 12.7 Å². The Morgan fingerprint density at radius 3 is 2.30 bits per heavy atom. The molecule has 4 rings (SSSR count). The lowest BCUT2D eigenvalue weighted by atomic mass is 9.99. The van der Waals surface area contributed by atoms with Crippen LogP contribution in [0.5, 0.6) is 0 Å². The van der Waals surface area contributed by atoms with Crippen LogP contribution >= 0.6 is 0 Å². The molecule has 0 fully saturated rings. The number of aryl methyl sites for hydroxylation is 2. The number of nitrogens with zero attached hydrogens (tertiary/aromatic N) is 2. The summed E-state index contributed by atoms with van der Waals surface area (Å²) in [4.78, 5) is 4.90. The lowest BCUT2D eigenvalue weighted by Gasteiger charge is -2.29. The predicted octanol–water partition coefficient (Wildman–Crippen LogP) is 4.84. The Balaban J connectivity index is 1.81. The van der Waals surface area contributed by atoms with Gasteiger partial charge in [-0.05, 0) is 37.1 Å². The van der Waals surface area contributed by atoms with Crippen molar-refractivity contribution in [2.24, 2.45) is 4.99 Å². The van der Waals surface area contributed by atoms with Crippen LogP contribution in [0.1, 0.15) is 22.3 Å². The topological polar surface area (TPSA) is 49.7 Å². The van der Waals surface area contributed by atoms with Crippen LogP contribution in [-0.4, -0.2) is 31.1 Å². The average molecular weight is 417 g/mol. The molecular weight excluding hydrogens is 392 g/mol. The molecule has 3 aromatic carbocycles.